The Hall–Kier alpha value is -1.95. The van der Waals surface area contributed by atoms with Gasteiger partial charge in [0.1, 0.15) is 5.69 Å². The van der Waals surface area contributed by atoms with Crippen molar-refractivity contribution in [2.45, 2.75) is 44.8 Å². The number of aromatic carboxylic acids is 1. The lowest BCUT2D eigenvalue weighted by atomic mass is 9.51. The molecule has 1 amide bonds. The predicted molar refractivity (Wildman–Crippen MR) is 78.8 cm³/mol. The first-order valence-corrected chi connectivity index (χ1v) is 7.68. The number of carbonyl (C=O) groups excluding carboxylic acids is 1. The van der Waals surface area contributed by atoms with Crippen LogP contribution in [-0.4, -0.2) is 40.7 Å². The molecule has 0 aliphatic heterocycles. The van der Waals surface area contributed by atoms with Crippen molar-refractivity contribution >= 4 is 11.9 Å². The fraction of sp³-hybridized carbons (Fsp3) is 0.562. The maximum atomic E-state index is 12.3. The minimum atomic E-state index is -1.10. The summed E-state index contributed by atoms with van der Waals surface area (Å²) in [4.78, 5) is 26.8. The summed E-state index contributed by atoms with van der Waals surface area (Å²) < 4.78 is 5.77. The van der Waals surface area contributed by atoms with E-state index in [0.717, 1.165) is 19.3 Å². The smallest absolute Gasteiger partial charge is 0.354 e. The Balaban J connectivity index is 1.64. The minimum absolute atomic E-state index is 0.0629. The third-order valence-corrected chi connectivity index (χ3v) is 4.99. The van der Waals surface area contributed by atoms with Gasteiger partial charge < -0.3 is 15.2 Å². The Labute approximate surface area is 128 Å². The highest BCUT2D eigenvalue weighted by molar-refractivity contribution is 5.95. The van der Waals surface area contributed by atoms with Gasteiger partial charge in [-0.25, -0.2) is 9.78 Å². The molecule has 3 rings (SSSR count). The largest absolute Gasteiger partial charge is 0.477 e. The van der Waals surface area contributed by atoms with E-state index in [1.54, 1.807) is 0 Å². The van der Waals surface area contributed by atoms with Crippen molar-refractivity contribution in [3.05, 3.63) is 29.6 Å². The molecule has 1 aromatic heterocycles. The zero-order valence-corrected chi connectivity index (χ0v) is 12.5. The molecule has 2 atom stereocenters. The molecule has 2 saturated carbocycles. The zero-order chi connectivity index (χ0) is 15.7. The number of aromatic nitrogens is 1. The number of nitrogens with one attached hydrogen (secondary N) is 1. The van der Waals surface area contributed by atoms with Gasteiger partial charge in [0.2, 0.25) is 0 Å². The fourth-order valence-electron chi connectivity index (χ4n) is 3.54. The van der Waals surface area contributed by atoms with E-state index in [1.165, 1.54) is 24.8 Å². The Morgan fingerprint density at radius 1 is 1.45 bits per heavy atom. The van der Waals surface area contributed by atoms with Crippen molar-refractivity contribution in [2.24, 2.45) is 5.41 Å². The van der Waals surface area contributed by atoms with Crippen molar-refractivity contribution in [2.75, 3.05) is 6.61 Å². The minimum Gasteiger partial charge on any atom is -0.477 e. The third-order valence-electron chi connectivity index (χ3n) is 4.99. The second-order valence-corrected chi connectivity index (χ2v) is 6.03. The van der Waals surface area contributed by atoms with Gasteiger partial charge >= 0.3 is 5.97 Å². The summed E-state index contributed by atoms with van der Waals surface area (Å²) in [5, 5.41) is 11.9. The van der Waals surface area contributed by atoms with E-state index in [1.807, 2.05) is 6.92 Å². The Bertz CT molecular complexity index is 580. The number of rotatable bonds is 5. The Morgan fingerprint density at radius 3 is 2.73 bits per heavy atom. The van der Waals surface area contributed by atoms with E-state index >= 15 is 0 Å². The molecule has 0 aromatic carbocycles. The van der Waals surface area contributed by atoms with Gasteiger partial charge in [0.15, 0.2) is 0 Å². The number of carboxylic acid groups (broad SMARTS) is 1. The van der Waals surface area contributed by atoms with Gasteiger partial charge in [-0.05, 0) is 38.3 Å². The summed E-state index contributed by atoms with van der Waals surface area (Å²) in [6.45, 7) is 2.70. The summed E-state index contributed by atoms with van der Waals surface area (Å²) in [5.41, 5.74) is 0.437. The molecule has 1 spiro atoms. The molecule has 6 heteroatoms. The quantitative estimate of drug-likeness (QED) is 0.866. The first-order chi connectivity index (χ1) is 10.6. The number of hydrogen-bond acceptors (Lipinski definition) is 4. The predicted octanol–water partition coefficient (Wildman–Crippen LogP) is 1.86. The van der Waals surface area contributed by atoms with Crippen molar-refractivity contribution in [1.82, 2.24) is 10.3 Å². The number of ether oxygens (including phenoxy) is 1. The lowest BCUT2D eigenvalue weighted by Crippen LogP contribution is -2.67. The van der Waals surface area contributed by atoms with Crippen LogP contribution in [0.15, 0.2) is 18.3 Å². The molecule has 2 aliphatic rings. The molecule has 2 aliphatic carbocycles. The molecule has 0 radical (unpaired) electrons. The standard InChI is InChI=1S/C16H20N2O4/c1-2-22-13-8-12(16(13)6-3-7-16)18-14(19)10-4-5-11(15(20)21)17-9-10/h4-5,9,12-13H,2-3,6-8H2,1H3,(H,18,19)(H,20,21)/t12-,13+/m0/s1. The summed E-state index contributed by atoms with van der Waals surface area (Å²) in [7, 11) is 0. The van der Waals surface area contributed by atoms with Crippen LogP contribution < -0.4 is 5.32 Å². The molecule has 118 valence electrons. The van der Waals surface area contributed by atoms with Gasteiger partial charge in [0, 0.05) is 24.3 Å². The number of nitrogens with zero attached hydrogens (tertiary/aromatic N) is 1. The van der Waals surface area contributed by atoms with Crippen molar-refractivity contribution in [3.63, 3.8) is 0 Å². The summed E-state index contributed by atoms with van der Waals surface area (Å²) in [6, 6.07) is 2.99. The molecule has 2 fully saturated rings. The van der Waals surface area contributed by atoms with Crippen LogP contribution in [0.5, 0.6) is 0 Å². The van der Waals surface area contributed by atoms with Crippen LogP contribution in [0.25, 0.3) is 0 Å². The van der Waals surface area contributed by atoms with Crippen LogP contribution in [0.4, 0.5) is 0 Å². The lowest BCUT2D eigenvalue weighted by Gasteiger charge is -2.61. The van der Waals surface area contributed by atoms with Gasteiger partial charge in [-0.2, -0.15) is 0 Å². The van der Waals surface area contributed by atoms with E-state index in [2.05, 4.69) is 10.3 Å². The maximum Gasteiger partial charge on any atom is 0.354 e. The molecule has 2 N–H and O–H groups in total. The Morgan fingerprint density at radius 2 is 2.23 bits per heavy atom. The van der Waals surface area contributed by atoms with E-state index in [4.69, 9.17) is 9.84 Å². The summed E-state index contributed by atoms with van der Waals surface area (Å²) >= 11 is 0. The first-order valence-electron chi connectivity index (χ1n) is 7.68. The van der Waals surface area contributed by atoms with Gasteiger partial charge in [-0.15, -0.1) is 0 Å². The molecule has 22 heavy (non-hydrogen) atoms. The average Bonchev–Trinajstić information content (AvgIpc) is 2.44. The highest BCUT2D eigenvalue weighted by Gasteiger charge is 2.59. The summed E-state index contributed by atoms with van der Waals surface area (Å²) in [5.74, 6) is -1.30. The maximum absolute atomic E-state index is 12.3. The van der Waals surface area contributed by atoms with Crippen LogP contribution in [0.3, 0.4) is 0 Å². The van der Waals surface area contributed by atoms with E-state index < -0.39 is 5.97 Å². The number of pyridine rings is 1. The molecule has 0 unspecified atom stereocenters. The van der Waals surface area contributed by atoms with Crippen LogP contribution in [0.1, 0.15) is 53.5 Å². The second kappa shape index (κ2) is 5.68. The van der Waals surface area contributed by atoms with E-state index in [9.17, 15) is 9.59 Å². The van der Waals surface area contributed by atoms with Crippen LogP contribution in [0, 0.1) is 5.41 Å². The number of hydrogen-bond donors (Lipinski definition) is 2. The van der Waals surface area contributed by atoms with Crippen LogP contribution >= 0.6 is 0 Å². The van der Waals surface area contributed by atoms with Crippen LogP contribution in [0.2, 0.25) is 0 Å². The average molecular weight is 304 g/mol. The van der Waals surface area contributed by atoms with Crippen molar-refractivity contribution < 1.29 is 19.4 Å². The number of carboxylic acids is 1. The van der Waals surface area contributed by atoms with E-state index in [0.29, 0.717) is 12.2 Å². The fourth-order valence-corrected chi connectivity index (χ4v) is 3.54. The van der Waals surface area contributed by atoms with E-state index in [-0.39, 0.29) is 29.2 Å². The number of amides is 1. The van der Waals surface area contributed by atoms with Crippen molar-refractivity contribution in [3.8, 4) is 0 Å². The first kappa shape index (κ1) is 15.0. The van der Waals surface area contributed by atoms with Gasteiger partial charge in [0.05, 0.1) is 11.7 Å². The second-order valence-electron chi connectivity index (χ2n) is 6.03. The third kappa shape index (κ3) is 2.37. The Kier molecular flexibility index (Phi) is 3.87. The molecule has 6 nitrogen and oxygen atoms in total. The monoisotopic (exact) mass is 304 g/mol. The molecule has 1 heterocycles. The van der Waals surface area contributed by atoms with Crippen molar-refractivity contribution in [1.29, 1.82) is 0 Å². The van der Waals surface area contributed by atoms with Gasteiger partial charge in [-0.3, -0.25) is 4.79 Å². The molecule has 0 saturated heterocycles. The molecule has 1 aromatic rings. The zero-order valence-electron chi connectivity index (χ0n) is 12.5. The summed E-state index contributed by atoms with van der Waals surface area (Å²) in [6.07, 6.45) is 5.79. The lowest BCUT2D eigenvalue weighted by molar-refractivity contribution is -0.169. The molecule has 0 bridgehead atoms. The highest BCUT2D eigenvalue weighted by Crippen LogP contribution is 2.57. The number of carbonyl (C=O) groups is 2. The molecular weight excluding hydrogens is 284 g/mol. The SMILES string of the molecule is CCO[C@@H]1C[C@H](NC(=O)c2ccc(C(=O)O)nc2)C12CCC2. The van der Waals surface area contributed by atoms with Gasteiger partial charge in [0.25, 0.3) is 5.91 Å². The topological polar surface area (TPSA) is 88.5 Å². The highest BCUT2D eigenvalue weighted by atomic mass is 16.5. The molecular formula is C16H20N2O4. The van der Waals surface area contributed by atoms with Gasteiger partial charge in [-0.1, -0.05) is 6.42 Å². The van der Waals surface area contributed by atoms with Crippen LogP contribution in [-0.2, 0) is 4.74 Å². The normalized spacial score (nSPS) is 25.1.